The number of carbonyl (C=O) groups excluding carboxylic acids is 1. The quantitative estimate of drug-likeness (QED) is 0.821. The number of anilines is 2. The van der Waals surface area contributed by atoms with Crippen LogP contribution in [0.4, 0.5) is 11.4 Å². The summed E-state index contributed by atoms with van der Waals surface area (Å²) in [7, 11) is 0. The predicted octanol–water partition coefficient (Wildman–Crippen LogP) is 1.45. The SMILES string of the molecule is CC(CN)N1CC(=O)Nc2cccc(Cl)c21. The zero-order valence-electron chi connectivity index (χ0n) is 9.03. The van der Waals surface area contributed by atoms with Crippen molar-refractivity contribution in [1.29, 1.82) is 0 Å². The van der Waals surface area contributed by atoms with Crippen LogP contribution in [0.15, 0.2) is 18.2 Å². The largest absolute Gasteiger partial charge is 0.355 e. The van der Waals surface area contributed by atoms with Crippen molar-refractivity contribution >= 4 is 28.9 Å². The summed E-state index contributed by atoms with van der Waals surface area (Å²) in [6.45, 7) is 2.76. The molecule has 0 fully saturated rings. The number of hydrogen-bond acceptors (Lipinski definition) is 3. The van der Waals surface area contributed by atoms with Crippen LogP contribution >= 0.6 is 11.6 Å². The third-order valence-electron chi connectivity index (χ3n) is 2.74. The van der Waals surface area contributed by atoms with E-state index in [1.54, 1.807) is 0 Å². The van der Waals surface area contributed by atoms with Crippen LogP contribution in [0.3, 0.4) is 0 Å². The second-order valence-corrected chi connectivity index (χ2v) is 4.30. The Hall–Kier alpha value is -1.26. The van der Waals surface area contributed by atoms with Gasteiger partial charge in [0.2, 0.25) is 5.91 Å². The Bertz CT molecular complexity index is 422. The number of rotatable bonds is 2. The molecular weight excluding hydrogens is 226 g/mol. The number of nitrogens with one attached hydrogen (secondary N) is 1. The molecule has 1 unspecified atom stereocenters. The average Bonchev–Trinajstić information content (AvgIpc) is 2.27. The van der Waals surface area contributed by atoms with E-state index in [0.717, 1.165) is 11.4 Å². The van der Waals surface area contributed by atoms with Gasteiger partial charge in [0.1, 0.15) is 0 Å². The van der Waals surface area contributed by atoms with Crippen LogP contribution < -0.4 is 16.0 Å². The molecule has 3 N–H and O–H groups in total. The first-order valence-corrected chi connectivity index (χ1v) is 5.56. The minimum absolute atomic E-state index is 0.0323. The lowest BCUT2D eigenvalue weighted by Crippen LogP contribution is -2.46. The van der Waals surface area contributed by atoms with Crippen molar-refractivity contribution in [2.24, 2.45) is 5.73 Å². The van der Waals surface area contributed by atoms with Gasteiger partial charge in [0.05, 0.1) is 22.9 Å². The molecule has 0 aliphatic carbocycles. The maximum absolute atomic E-state index is 11.5. The van der Waals surface area contributed by atoms with Crippen LogP contribution in [0.2, 0.25) is 5.02 Å². The van der Waals surface area contributed by atoms with E-state index < -0.39 is 0 Å². The molecule has 1 aliphatic heterocycles. The van der Waals surface area contributed by atoms with Crippen LogP contribution in [0, 0.1) is 0 Å². The van der Waals surface area contributed by atoms with Crippen molar-refractivity contribution in [3.05, 3.63) is 23.2 Å². The Morgan fingerprint density at radius 2 is 2.38 bits per heavy atom. The lowest BCUT2D eigenvalue weighted by atomic mass is 10.1. The van der Waals surface area contributed by atoms with Gasteiger partial charge in [-0.3, -0.25) is 4.79 Å². The summed E-state index contributed by atoms with van der Waals surface area (Å²) in [4.78, 5) is 13.5. The molecule has 0 aromatic heterocycles. The number of hydrogen-bond donors (Lipinski definition) is 2. The Kier molecular flexibility index (Phi) is 3.03. The molecule has 0 saturated carbocycles. The molecular formula is C11H14ClN3O. The Labute approximate surface area is 99.4 Å². The molecule has 2 rings (SSSR count). The first-order chi connectivity index (χ1) is 7.63. The van der Waals surface area contributed by atoms with Crippen LogP contribution in [0.25, 0.3) is 0 Å². The van der Waals surface area contributed by atoms with E-state index in [2.05, 4.69) is 5.32 Å². The zero-order chi connectivity index (χ0) is 11.7. The molecule has 0 radical (unpaired) electrons. The standard InChI is InChI=1S/C11H14ClN3O/c1-7(5-13)15-6-10(16)14-9-4-2-3-8(12)11(9)15/h2-4,7H,5-6,13H2,1H3,(H,14,16). The van der Waals surface area contributed by atoms with Crippen molar-refractivity contribution in [3.8, 4) is 0 Å². The molecule has 1 aromatic carbocycles. The zero-order valence-corrected chi connectivity index (χ0v) is 9.79. The second-order valence-electron chi connectivity index (χ2n) is 3.90. The van der Waals surface area contributed by atoms with Crippen LogP contribution in [-0.4, -0.2) is 25.0 Å². The summed E-state index contributed by atoms with van der Waals surface area (Å²) in [5.74, 6) is -0.0323. The minimum atomic E-state index is -0.0323. The highest BCUT2D eigenvalue weighted by Gasteiger charge is 2.26. The van der Waals surface area contributed by atoms with E-state index in [9.17, 15) is 4.79 Å². The molecule has 86 valence electrons. The monoisotopic (exact) mass is 239 g/mol. The van der Waals surface area contributed by atoms with Crippen LogP contribution in [0.5, 0.6) is 0 Å². The normalized spacial score (nSPS) is 16.7. The third-order valence-corrected chi connectivity index (χ3v) is 3.04. The van der Waals surface area contributed by atoms with Crippen molar-refractivity contribution in [2.75, 3.05) is 23.3 Å². The highest BCUT2D eigenvalue weighted by atomic mass is 35.5. The lowest BCUT2D eigenvalue weighted by Gasteiger charge is -2.35. The summed E-state index contributed by atoms with van der Waals surface area (Å²) >= 11 is 6.15. The first-order valence-electron chi connectivity index (χ1n) is 5.18. The fraction of sp³-hybridized carbons (Fsp3) is 0.364. The molecule has 0 spiro atoms. The van der Waals surface area contributed by atoms with Crippen molar-refractivity contribution in [2.45, 2.75) is 13.0 Å². The summed E-state index contributed by atoms with van der Waals surface area (Å²) < 4.78 is 0. The number of benzene rings is 1. The van der Waals surface area contributed by atoms with Gasteiger partial charge in [-0.15, -0.1) is 0 Å². The number of para-hydroxylation sites is 1. The summed E-state index contributed by atoms with van der Waals surface area (Å²) in [5.41, 5.74) is 7.26. The van der Waals surface area contributed by atoms with Gasteiger partial charge in [-0.25, -0.2) is 0 Å². The fourth-order valence-corrected chi connectivity index (χ4v) is 2.12. The van der Waals surface area contributed by atoms with Gasteiger partial charge >= 0.3 is 0 Å². The summed E-state index contributed by atoms with van der Waals surface area (Å²) in [6, 6.07) is 5.56. The van der Waals surface area contributed by atoms with Gasteiger partial charge in [0.25, 0.3) is 0 Å². The smallest absolute Gasteiger partial charge is 0.243 e. The van der Waals surface area contributed by atoms with Gasteiger partial charge in [-0.1, -0.05) is 17.7 Å². The molecule has 16 heavy (non-hydrogen) atoms. The Morgan fingerprint density at radius 1 is 1.62 bits per heavy atom. The molecule has 0 saturated heterocycles. The van der Waals surface area contributed by atoms with Crippen molar-refractivity contribution < 1.29 is 4.79 Å². The van der Waals surface area contributed by atoms with Crippen LogP contribution in [0.1, 0.15) is 6.92 Å². The molecule has 1 aromatic rings. The number of halogens is 1. The average molecular weight is 240 g/mol. The van der Waals surface area contributed by atoms with E-state index in [0.29, 0.717) is 18.1 Å². The molecule has 0 bridgehead atoms. The Morgan fingerprint density at radius 3 is 3.06 bits per heavy atom. The van der Waals surface area contributed by atoms with E-state index in [-0.39, 0.29) is 11.9 Å². The first kappa shape index (κ1) is 11.2. The molecule has 1 atom stereocenters. The number of carbonyl (C=O) groups is 1. The van der Waals surface area contributed by atoms with Gasteiger partial charge in [0, 0.05) is 12.6 Å². The van der Waals surface area contributed by atoms with E-state index in [4.69, 9.17) is 17.3 Å². The predicted molar refractivity (Wildman–Crippen MR) is 65.9 cm³/mol. The molecule has 1 aliphatic rings. The highest BCUT2D eigenvalue weighted by Crippen LogP contribution is 2.37. The molecule has 1 amide bonds. The third kappa shape index (κ3) is 1.86. The van der Waals surface area contributed by atoms with Gasteiger partial charge in [-0.05, 0) is 19.1 Å². The number of nitrogens with zero attached hydrogens (tertiary/aromatic N) is 1. The van der Waals surface area contributed by atoms with E-state index in [1.807, 2.05) is 30.0 Å². The van der Waals surface area contributed by atoms with Crippen LogP contribution in [-0.2, 0) is 4.79 Å². The highest BCUT2D eigenvalue weighted by molar-refractivity contribution is 6.34. The van der Waals surface area contributed by atoms with Crippen molar-refractivity contribution in [3.63, 3.8) is 0 Å². The van der Waals surface area contributed by atoms with E-state index in [1.165, 1.54) is 0 Å². The molecule has 5 heteroatoms. The van der Waals surface area contributed by atoms with Gasteiger partial charge < -0.3 is 16.0 Å². The molecule has 4 nitrogen and oxygen atoms in total. The summed E-state index contributed by atoms with van der Waals surface area (Å²) in [5, 5.41) is 3.44. The van der Waals surface area contributed by atoms with Crippen molar-refractivity contribution in [1.82, 2.24) is 0 Å². The number of amides is 1. The maximum Gasteiger partial charge on any atom is 0.243 e. The molecule has 1 heterocycles. The topological polar surface area (TPSA) is 58.4 Å². The lowest BCUT2D eigenvalue weighted by molar-refractivity contribution is -0.115. The van der Waals surface area contributed by atoms with E-state index >= 15 is 0 Å². The maximum atomic E-state index is 11.5. The fourth-order valence-electron chi connectivity index (χ4n) is 1.84. The number of nitrogens with two attached hydrogens (primary N) is 1. The van der Waals surface area contributed by atoms with Gasteiger partial charge in [-0.2, -0.15) is 0 Å². The minimum Gasteiger partial charge on any atom is -0.355 e. The number of fused-ring (bicyclic) bond motifs is 1. The van der Waals surface area contributed by atoms with Gasteiger partial charge in [0.15, 0.2) is 0 Å². The summed E-state index contributed by atoms with van der Waals surface area (Å²) in [6.07, 6.45) is 0. The second kappa shape index (κ2) is 4.31. The Balaban J connectivity index is 2.47.